The molecular weight excluding hydrogens is 431 g/mol. The van der Waals surface area contributed by atoms with Crippen LogP contribution >= 0.6 is 15.9 Å². The van der Waals surface area contributed by atoms with Gasteiger partial charge in [-0.3, -0.25) is 0 Å². The highest BCUT2D eigenvalue weighted by Gasteiger charge is 2.38. The SMILES string of the molecule is O=C(N[C@H]1CCN(C(=O)O)[C@H]1Cc1cccc(Br)c1F)OCc1ccccc1. The fraction of sp³-hybridized carbons (Fsp3) is 0.300. The summed E-state index contributed by atoms with van der Waals surface area (Å²) in [6.45, 7) is 0.381. The lowest BCUT2D eigenvalue weighted by molar-refractivity contribution is 0.123. The van der Waals surface area contributed by atoms with Crippen molar-refractivity contribution in [2.45, 2.75) is 31.5 Å². The molecule has 0 bridgehead atoms. The van der Waals surface area contributed by atoms with Gasteiger partial charge in [-0.2, -0.15) is 0 Å². The van der Waals surface area contributed by atoms with Gasteiger partial charge in [0.2, 0.25) is 0 Å². The van der Waals surface area contributed by atoms with Gasteiger partial charge >= 0.3 is 12.2 Å². The van der Waals surface area contributed by atoms with Gasteiger partial charge < -0.3 is 20.1 Å². The van der Waals surface area contributed by atoms with Gasteiger partial charge in [0.25, 0.3) is 0 Å². The van der Waals surface area contributed by atoms with Gasteiger partial charge in [0, 0.05) is 6.54 Å². The Morgan fingerprint density at radius 2 is 1.96 bits per heavy atom. The monoisotopic (exact) mass is 450 g/mol. The summed E-state index contributed by atoms with van der Waals surface area (Å²) in [5, 5.41) is 12.2. The van der Waals surface area contributed by atoms with Crippen molar-refractivity contribution < 1.29 is 23.8 Å². The second-order valence-corrected chi connectivity index (χ2v) is 7.42. The fourth-order valence-electron chi connectivity index (χ4n) is 3.36. The molecule has 0 saturated carbocycles. The Bertz CT molecular complexity index is 849. The van der Waals surface area contributed by atoms with E-state index in [1.807, 2.05) is 30.3 Å². The summed E-state index contributed by atoms with van der Waals surface area (Å²) in [4.78, 5) is 25.0. The normalized spacial score (nSPS) is 18.7. The zero-order chi connectivity index (χ0) is 20.1. The third kappa shape index (κ3) is 4.81. The summed E-state index contributed by atoms with van der Waals surface area (Å²) < 4.78 is 19.9. The lowest BCUT2D eigenvalue weighted by Gasteiger charge is -2.26. The average molecular weight is 451 g/mol. The van der Waals surface area contributed by atoms with E-state index in [0.717, 1.165) is 5.56 Å². The van der Waals surface area contributed by atoms with E-state index < -0.39 is 30.1 Å². The van der Waals surface area contributed by atoms with Gasteiger partial charge in [-0.05, 0) is 46.0 Å². The summed E-state index contributed by atoms with van der Waals surface area (Å²) in [5.41, 5.74) is 1.24. The van der Waals surface area contributed by atoms with Crippen molar-refractivity contribution in [1.82, 2.24) is 10.2 Å². The van der Waals surface area contributed by atoms with E-state index in [1.165, 1.54) is 4.90 Å². The Labute approximate surface area is 170 Å². The molecule has 2 N–H and O–H groups in total. The molecule has 1 heterocycles. The van der Waals surface area contributed by atoms with Crippen LogP contribution in [0.4, 0.5) is 14.0 Å². The van der Waals surface area contributed by atoms with Crippen LogP contribution in [-0.2, 0) is 17.8 Å². The van der Waals surface area contributed by atoms with Crippen LogP contribution in [0.15, 0.2) is 53.0 Å². The summed E-state index contributed by atoms with van der Waals surface area (Å²) in [5.74, 6) is -0.426. The van der Waals surface area contributed by atoms with Crippen LogP contribution < -0.4 is 5.32 Å². The molecule has 1 aliphatic rings. The van der Waals surface area contributed by atoms with Crippen LogP contribution in [0.5, 0.6) is 0 Å². The molecule has 0 spiro atoms. The van der Waals surface area contributed by atoms with E-state index >= 15 is 0 Å². The molecule has 2 amide bonds. The minimum Gasteiger partial charge on any atom is -0.465 e. The van der Waals surface area contributed by atoms with Crippen LogP contribution in [0.2, 0.25) is 0 Å². The number of carbonyl (C=O) groups excluding carboxylic acids is 1. The number of halogens is 2. The van der Waals surface area contributed by atoms with E-state index in [4.69, 9.17) is 4.74 Å². The smallest absolute Gasteiger partial charge is 0.407 e. The largest absolute Gasteiger partial charge is 0.465 e. The molecule has 28 heavy (non-hydrogen) atoms. The van der Waals surface area contributed by atoms with Crippen LogP contribution in [0.1, 0.15) is 17.5 Å². The van der Waals surface area contributed by atoms with Crippen LogP contribution in [0.3, 0.4) is 0 Å². The predicted molar refractivity (Wildman–Crippen MR) is 104 cm³/mol. The molecule has 6 nitrogen and oxygen atoms in total. The molecule has 148 valence electrons. The first-order valence-electron chi connectivity index (χ1n) is 8.85. The predicted octanol–water partition coefficient (Wildman–Crippen LogP) is 4.18. The number of likely N-dealkylation sites (tertiary alicyclic amines) is 1. The zero-order valence-corrected chi connectivity index (χ0v) is 16.6. The number of nitrogens with one attached hydrogen (secondary N) is 1. The van der Waals surface area contributed by atoms with E-state index in [-0.39, 0.29) is 19.6 Å². The van der Waals surface area contributed by atoms with Gasteiger partial charge in [0.15, 0.2) is 0 Å². The van der Waals surface area contributed by atoms with Crippen molar-refractivity contribution in [3.63, 3.8) is 0 Å². The highest BCUT2D eigenvalue weighted by molar-refractivity contribution is 9.10. The summed E-state index contributed by atoms with van der Waals surface area (Å²) in [6, 6.07) is 13.1. The third-order valence-corrected chi connectivity index (χ3v) is 5.38. The number of ether oxygens (including phenoxy) is 1. The van der Waals surface area contributed by atoms with Crippen molar-refractivity contribution in [3.8, 4) is 0 Å². The van der Waals surface area contributed by atoms with E-state index in [0.29, 0.717) is 16.5 Å². The first-order valence-corrected chi connectivity index (χ1v) is 9.64. The van der Waals surface area contributed by atoms with Crippen LogP contribution in [-0.4, -0.2) is 40.8 Å². The number of amides is 2. The van der Waals surface area contributed by atoms with Crippen molar-refractivity contribution in [2.75, 3.05) is 6.54 Å². The van der Waals surface area contributed by atoms with Gasteiger partial charge in [-0.25, -0.2) is 14.0 Å². The molecule has 1 fully saturated rings. The van der Waals surface area contributed by atoms with Crippen LogP contribution in [0.25, 0.3) is 0 Å². The quantitative estimate of drug-likeness (QED) is 0.715. The van der Waals surface area contributed by atoms with E-state index in [2.05, 4.69) is 21.2 Å². The molecule has 0 aromatic heterocycles. The lowest BCUT2D eigenvalue weighted by atomic mass is 10.00. The topological polar surface area (TPSA) is 78.9 Å². The number of nitrogens with zero attached hydrogens (tertiary/aromatic N) is 1. The first-order chi connectivity index (χ1) is 13.5. The number of rotatable bonds is 5. The average Bonchev–Trinajstić information content (AvgIpc) is 3.07. The summed E-state index contributed by atoms with van der Waals surface area (Å²) in [6.07, 6.45) is -1.13. The molecule has 0 unspecified atom stereocenters. The van der Waals surface area contributed by atoms with Gasteiger partial charge in [-0.1, -0.05) is 42.5 Å². The number of carbonyl (C=O) groups is 2. The molecule has 3 rings (SSSR count). The highest BCUT2D eigenvalue weighted by Crippen LogP contribution is 2.26. The number of carboxylic acid groups (broad SMARTS) is 1. The van der Waals surface area contributed by atoms with Crippen molar-refractivity contribution in [3.05, 3.63) is 69.9 Å². The number of hydrogen-bond donors (Lipinski definition) is 2. The Morgan fingerprint density at radius 3 is 2.68 bits per heavy atom. The van der Waals surface area contributed by atoms with Crippen molar-refractivity contribution in [1.29, 1.82) is 0 Å². The Kier molecular flexibility index (Phi) is 6.51. The molecule has 2 aromatic rings. The standard InChI is InChI=1S/C20H20BrFN2O4/c21-15-8-4-7-14(18(15)22)11-17-16(9-10-24(17)20(26)27)23-19(25)28-12-13-5-2-1-3-6-13/h1-8,16-17H,9-12H2,(H,23,25)(H,26,27)/t16-,17-/m0/s1. The third-order valence-electron chi connectivity index (χ3n) is 4.77. The lowest BCUT2D eigenvalue weighted by Crippen LogP contribution is -2.47. The van der Waals surface area contributed by atoms with Gasteiger partial charge in [0.1, 0.15) is 12.4 Å². The molecule has 0 aliphatic carbocycles. The minimum atomic E-state index is -1.10. The maximum Gasteiger partial charge on any atom is 0.407 e. The Morgan fingerprint density at radius 1 is 1.21 bits per heavy atom. The van der Waals surface area contributed by atoms with Gasteiger partial charge in [-0.15, -0.1) is 0 Å². The molecule has 2 atom stereocenters. The van der Waals surface area contributed by atoms with Crippen LogP contribution in [0, 0.1) is 5.82 Å². The molecule has 0 radical (unpaired) electrons. The zero-order valence-electron chi connectivity index (χ0n) is 15.0. The second-order valence-electron chi connectivity index (χ2n) is 6.56. The van der Waals surface area contributed by atoms with Gasteiger partial charge in [0.05, 0.1) is 16.6 Å². The Balaban J connectivity index is 1.67. The molecule has 8 heteroatoms. The maximum atomic E-state index is 14.4. The molecule has 1 saturated heterocycles. The Hall–Kier alpha value is -2.61. The van der Waals surface area contributed by atoms with Crippen molar-refractivity contribution in [2.24, 2.45) is 0 Å². The van der Waals surface area contributed by atoms with Crippen molar-refractivity contribution >= 4 is 28.1 Å². The molecule has 2 aromatic carbocycles. The summed E-state index contributed by atoms with van der Waals surface area (Å²) in [7, 11) is 0. The molecular formula is C20H20BrFN2O4. The van der Waals surface area contributed by atoms with E-state index in [1.54, 1.807) is 18.2 Å². The molecule has 1 aliphatic heterocycles. The fourth-order valence-corrected chi connectivity index (χ4v) is 3.77. The first kappa shape index (κ1) is 20.1. The summed E-state index contributed by atoms with van der Waals surface area (Å²) >= 11 is 3.14. The maximum absolute atomic E-state index is 14.4. The second kappa shape index (κ2) is 9.05. The van der Waals surface area contributed by atoms with E-state index in [9.17, 15) is 19.1 Å². The number of benzene rings is 2. The number of hydrogen-bond acceptors (Lipinski definition) is 3. The minimum absolute atomic E-state index is 0.118. The highest BCUT2D eigenvalue weighted by atomic mass is 79.9. The number of alkyl carbamates (subject to hydrolysis) is 1.